The van der Waals surface area contributed by atoms with Crippen LogP contribution < -0.4 is 0 Å². The smallest absolute Gasteiger partial charge is 0.325 e. The highest BCUT2D eigenvalue weighted by Crippen LogP contribution is 2.22. The Morgan fingerprint density at radius 3 is 3.24 bits per heavy atom. The first-order chi connectivity index (χ1) is 10.2. The second kappa shape index (κ2) is 5.83. The molecule has 0 radical (unpaired) electrons. The fourth-order valence-electron chi connectivity index (χ4n) is 2.97. The fourth-order valence-corrected chi connectivity index (χ4v) is 2.97. The van der Waals surface area contributed by atoms with E-state index in [9.17, 15) is 9.90 Å². The topological polar surface area (TPSA) is 78.5 Å². The minimum Gasteiger partial charge on any atom is -0.468 e. The summed E-state index contributed by atoms with van der Waals surface area (Å²) >= 11 is 0. The third kappa shape index (κ3) is 2.77. The van der Waals surface area contributed by atoms with Crippen LogP contribution in [0.3, 0.4) is 0 Å². The summed E-state index contributed by atoms with van der Waals surface area (Å²) < 4.78 is 4.83. The summed E-state index contributed by atoms with van der Waals surface area (Å²) in [7, 11) is 1.36. The number of carbonyl (C=O) groups excluding carboxylic acids is 1. The molecule has 2 N–H and O–H groups in total. The number of ether oxygens (including phenoxy) is 1. The number of hydrogen-bond donors (Lipinski definition) is 2. The highest BCUT2D eigenvalue weighted by Gasteiger charge is 2.36. The van der Waals surface area contributed by atoms with Gasteiger partial charge < -0.3 is 9.84 Å². The molecule has 2 unspecified atom stereocenters. The number of nitrogens with zero attached hydrogens (tertiary/aromatic N) is 2. The van der Waals surface area contributed by atoms with Gasteiger partial charge in [0, 0.05) is 11.9 Å². The number of aromatic nitrogens is 2. The van der Waals surface area contributed by atoms with Crippen molar-refractivity contribution in [2.45, 2.75) is 31.5 Å². The van der Waals surface area contributed by atoms with Gasteiger partial charge in [0.05, 0.1) is 24.9 Å². The first-order valence-electron chi connectivity index (χ1n) is 7.11. The summed E-state index contributed by atoms with van der Waals surface area (Å²) in [5.74, 6) is -0.371. The maximum absolute atomic E-state index is 11.9. The van der Waals surface area contributed by atoms with Gasteiger partial charge in [0.2, 0.25) is 0 Å². The molecule has 0 bridgehead atoms. The van der Waals surface area contributed by atoms with E-state index in [1.165, 1.54) is 7.11 Å². The third-order valence-corrected chi connectivity index (χ3v) is 4.04. The van der Waals surface area contributed by atoms with Crippen LogP contribution in [0.2, 0.25) is 0 Å². The number of benzene rings is 1. The van der Waals surface area contributed by atoms with E-state index in [1.807, 2.05) is 23.1 Å². The number of likely N-dealkylation sites (tertiary alicyclic amines) is 1. The number of carbonyl (C=O) groups is 1. The van der Waals surface area contributed by atoms with Gasteiger partial charge in [0.1, 0.15) is 6.04 Å². The summed E-state index contributed by atoms with van der Waals surface area (Å²) in [4.78, 5) is 13.9. The molecular weight excluding hydrogens is 270 g/mol. The van der Waals surface area contributed by atoms with Crippen molar-refractivity contribution >= 4 is 16.9 Å². The van der Waals surface area contributed by atoms with E-state index < -0.39 is 12.1 Å². The molecule has 0 aliphatic carbocycles. The van der Waals surface area contributed by atoms with E-state index in [-0.39, 0.29) is 5.97 Å². The predicted molar refractivity (Wildman–Crippen MR) is 77.5 cm³/mol. The average molecular weight is 289 g/mol. The number of aromatic amines is 1. The number of fused-ring (bicyclic) bond motifs is 1. The summed E-state index contributed by atoms with van der Waals surface area (Å²) in [6.07, 6.45) is 2.62. The summed E-state index contributed by atoms with van der Waals surface area (Å²) in [6, 6.07) is 5.47. The van der Waals surface area contributed by atoms with Crippen LogP contribution in [0.4, 0.5) is 0 Å². The molecule has 1 aromatic heterocycles. The van der Waals surface area contributed by atoms with Gasteiger partial charge in [0.15, 0.2) is 0 Å². The molecule has 0 amide bonds. The number of rotatable bonds is 3. The number of esters is 1. The minimum atomic E-state index is -0.665. The lowest BCUT2D eigenvalue weighted by molar-refractivity contribution is -0.154. The Bertz CT molecular complexity index is 640. The number of piperidine rings is 1. The minimum absolute atomic E-state index is 0.371. The van der Waals surface area contributed by atoms with Crippen molar-refractivity contribution in [3.8, 4) is 0 Å². The molecule has 2 atom stereocenters. The van der Waals surface area contributed by atoms with Crippen LogP contribution in [0, 0.1) is 0 Å². The Kier molecular flexibility index (Phi) is 3.90. The standard InChI is InChI=1S/C15H19N3O3/c1-21-15(20)14-13(19)3-2-6-18(14)9-10-4-5-11-8-16-17-12(11)7-10/h4-5,7-8,13-14,19H,2-3,6,9H2,1H3,(H,16,17). The molecule has 6 heteroatoms. The Morgan fingerprint density at radius 1 is 1.57 bits per heavy atom. The number of H-pyrrole nitrogens is 1. The lowest BCUT2D eigenvalue weighted by Gasteiger charge is -2.37. The van der Waals surface area contributed by atoms with E-state index >= 15 is 0 Å². The van der Waals surface area contributed by atoms with Crippen molar-refractivity contribution in [3.05, 3.63) is 30.0 Å². The lowest BCUT2D eigenvalue weighted by atomic mass is 9.98. The maximum atomic E-state index is 11.9. The molecule has 0 spiro atoms. The number of aliphatic hydroxyl groups excluding tert-OH is 1. The van der Waals surface area contributed by atoms with Gasteiger partial charge in [0.25, 0.3) is 0 Å². The van der Waals surface area contributed by atoms with E-state index in [0.29, 0.717) is 13.0 Å². The molecule has 6 nitrogen and oxygen atoms in total. The molecule has 1 fully saturated rings. The zero-order chi connectivity index (χ0) is 14.8. The number of aliphatic hydroxyl groups is 1. The Hall–Kier alpha value is -1.92. The Morgan fingerprint density at radius 2 is 2.43 bits per heavy atom. The molecule has 2 aromatic rings. The molecule has 21 heavy (non-hydrogen) atoms. The number of hydrogen-bond acceptors (Lipinski definition) is 5. The third-order valence-electron chi connectivity index (χ3n) is 4.04. The average Bonchev–Trinajstić information content (AvgIpc) is 2.94. The highest BCUT2D eigenvalue weighted by molar-refractivity contribution is 5.78. The van der Waals surface area contributed by atoms with Crippen molar-refractivity contribution in [1.82, 2.24) is 15.1 Å². The zero-order valence-corrected chi connectivity index (χ0v) is 12.0. The zero-order valence-electron chi connectivity index (χ0n) is 12.0. The van der Waals surface area contributed by atoms with E-state index in [4.69, 9.17) is 4.74 Å². The molecule has 3 rings (SSSR count). The molecule has 0 saturated carbocycles. The Balaban J connectivity index is 1.81. The first-order valence-corrected chi connectivity index (χ1v) is 7.11. The van der Waals surface area contributed by atoms with Gasteiger partial charge in [-0.25, -0.2) is 0 Å². The van der Waals surface area contributed by atoms with E-state index in [1.54, 1.807) is 6.20 Å². The van der Waals surface area contributed by atoms with Gasteiger partial charge in [-0.3, -0.25) is 14.8 Å². The molecule has 1 saturated heterocycles. The van der Waals surface area contributed by atoms with Crippen LogP contribution in [0.15, 0.2) is 24.4 Å². The molecule has 112 valence electrons. The second-order valence-corrected chi connectivity index (χ2v) is 5.44. The Labute approximate surface area is 122 Å². The van der Waals surface area contributed by atoms with E-state index in [0.717, 1.165) is 29.4 Å². The molecule has 2 heterocycles. The first kappa shape index (κ1) is 14.0. The van der Waals surface area contributed by atoms with Gasteiger partial charge in [-0.1, -0.05) is 12.1 Å². The SMILES string of the molecule is COC(=O)C1C(O)CCCN1Cc1ccc2cn[nH]c2c1. The van der Waals surface area contributed by atoms with Crippen LogP contribution in [-0.2, 0) is 16.1 Å². The highest BCUT2D eigenvalue weighted by atomic mass is 16.5. The monoisotopic (exact) mass is 289 g/mol. The maximum Gasteiger partial charge on any atom is 0.325 e. The lowest BCUT2D eigenvalue weighted by Crippen LogP contribution is -2.52. The summed E-state index contributed by atoms with van der Waals surface area (Å²) in [5.41, 5.74) is 2.05. The van der Waals surface area contributed by atoms with Crippen LogP contribution in [0.25, 0.3) is 10.9 Å². The van der Waals surface area contributed by atoms with Gasteiger partial charge >= 0.3 is 5.97 Å². The van der Waals surface area contributed by atoms with E-state index in [2.05, 4.69) is 10.2 Å². The summed E-state index contributed by atoms with van der Waals surface area (Å²) in [6.45, 7) is 1.38. The second-order valence-electron chi connectivity index (χ2n) is 5.44. The predicted octanol–water partition coefficient (Wildman–Crippen LogP) is 1.06. The van der Waals surface area contributed by atoms with Crippen molar-refractivity contribution in [3.63, 3.8) is 0 Å². The number of methoxy groups -OCH3 is 1. The van der Waals surface area contributed by atoms with Gasteiger partial charge in [-0.05, 0) is 31.0 Å². The fraction of sp³-hybridized carbons (Fsp3) is 0.467. The van der Waals surface area contributed by atoms with Crippen molar-refractivity contribution in [1.29, 1.82) is 0 Å². The van der Waals surface area contributed by atoms with Gasteiger partial charge in [-0.2, -0.15) is 5.10 Å². The van der Waals surface area contributed by atoms with Crippen LogP contribution in [0.1, 0.15) is 18.4 Å². The quantitative estimate of drug-likeness (QED) is 0.826. The molecular formula is C15H19N3O3. The van der Waals surface area contributed by atoms with Crippen LogP contribution in [0.5, 0.6) is 0 Å². The van der Waals surface area contributed by atoms with Crippen LogP contribution in [-0.4, -0.2) is 52.0 Å². The normalized spacial score (nSPS) is 23.3. The summed E-state index contributed by atoms with van der Waals surface area (Å²) in [5, 5.41) is 18.1. The van der Waals surface area contributed by atoms with Crippen molar-refractivity contribution in [2.75, 3.05) is 13.7 Å². The van der Waals surface area contributed by atoms with Gasteiger partial charge in [-0.15, -0.1) is 0 Å². The molecule has 1 aliphatic rings. The molecule has 1 aliphatic heterocycles. The largest absolute Gasteiger partial charge is 0.468 e. The van der Waals surface area contributed by atoms with Crippen LogP contribution >= 0.6 is 0 Å². The molecule has 1 aromatic carbocycles. The van der Waals surface area contributed by atoms with Crippen molar-refractivity contribution in [2.24, 2.45) is 0 Å². The van der Waals surface area contributed by atoms with Crippen molar-refractivity contribution < 1.29 is 14.6 Å². The number of nitrogens with one attached hydrogen (secondary N) is 1.